The topological polar surface area (TPSA) is 121 Å². The van der Waals surface area contributed by atoms with Gasteiger partial charge in [-0.15, -0.1) is 0 Å². The molecule has 2 aliphatic heterocycles. The lowest BCUT2D eigenvalue weighted by molar-refractivity contribution is -0.189. The summed E-state index contributed by atoms with van der Waals surface area (Å²) in [5.74, 6) is -3.30. The molecule has 0 aromatic heterocycles. The van der Waals surface area contributed by atoms with Crippen LogP contribution in [0.3, 0.4) is 0 Å². The minimum absolute atomic E-state index is 0.194. The average Bonchev–Trinajstić information content (AvgIpc) is 3.04. The molecule has 4 atom stereocenters. The highest BCUT2D eigenvalue weighted by Gasteiger charge is 2.60. The molecule has 3 aromatic carbocycles. The highest BCUT2D eigenvalue weighted by atomic mass is 79.9. The van der Waals surface area contributed by atoms with Crippen molar-refractivity contribution in [2.45, 2.75) is 66.6 Å². The number of ketones is 4. The second kappa shape index (κ2) is 12.6. The van der Waals surface area contributed by atoms with Gasteiger partial charge in [-0.2, -0.15) is 0 Å². The lowest BCUT2D eigenvalue weighted by atomic mass is 9.64. The van der Waals surface area contributed by atoms with Crippen molar-refractivity contribution in [1.82, 2.24) is 0 Å². The van der Waals surface area contributed by atoms with Crippen LogP contribution in [-0.4, -0.2) is 35.1 Å². The molecule has 2 fully saturated rings. The Balaban J connectivity index is 1.29. The van der Waals surface area contributed by atoms with Crippen molar-refractivity contribution in [3.05, 3.63) is 104 Å². The average molecular weight is 781 g/mol. The van der Waals surface area contributed by atoms with Gasteiger partial charge in [0, 0.05) is 32.9 Å². The number of hydrogen-bond donors (Lipinski definition) is 0. The van der Waals surface area contributed by atoms with Gasteiger partial charge in [0.1, 0.15) is 23.0 Å². The number of ether oxygens (including phenoxy) is 2. The number of Topliss-reactive ketones (excluding diaryl/α,β-unsaturated/α-hetero) is 4. The molecule has 0 N–H and O–H groups in total. The molecule has 2 aliphatic rings. The van der Waals surface area contributed by atoms with Crippen LogP contribution in [0.4, 0.5) is 0 Å². The van der Waals surface area contributed by atoms with E-state index in [1.807, 2.05) is 0 Å². The van der Waals surface area contributed by atoms with Gasteiger partial charge in [0.25, 0.3) is 0 Å². The molecule has 2 heterocycles. The molecule has 0 amide bonds. The van der Waals surface area contributed by atoms with E-state index in [2.05, 4.69) is 31.9 Å². The predicted molar refractivity (Wildman–Crippen MR) is 184 cm³/mol. The smallest absolute Gasteiger partial charge is 0.320 e. The van der Waals surface area contributed by atoms with E-state index in [4.69, 9.17) is 9.47 Å². The van der Waals surface area contributed by atoms with Gasteiger partial charge in [-0.25, -0.2) is 0 Å². The fourth-order valence-electron chi connectivity index (χ4n) is 6.85. The standard InChI is InChI=1S/C38H36Br2O8/c1-35(2)29(23-11-15-25(39)16-12-23)47-33(45)37(5,31(35)43)19-27(41)21-7-9-22(10-8-21)28(42)20-38(6)32(44)36(3,4)30(48-34(38)46)24-13-17-26(40)18-14-24/h7-18,29-30H,19-20H2,1-6H3/t29-,30-,37+,38+/m0/s1. The number of carbonyl (C=O) groups is 6. The highest BCUT2D eigenvalue weighted by Crippen LogP contribution is 2.51. The number of benzene rings is 3. The zero-order chi connectivity index (χ0) is 35.4. The van der Waals surface area contributed by atoms with Gasteiger partial charge in [0.2, 0.25) is 0 Å². The Bertz CT molecular complexity index is 1690. The Morgan fingerprint density at radius 2 is 0.833 bits per heavy atom. The molecule has 0 aliphatic carbocycles. The number of carbonyl (C=O) groups excluding carboxylic acids is 6. The van der Waals surface area contributed by atoms with Crippen molar-refractivity contribution in [2.75, 3.05) is 0 Å². The van der Waals surface area contributed by atoms with Crippen LogP contribution in [-0.2, 0) is 28.7 Å². The third-order valence-corrected chi connectivity index (χ3v) is 10.8. The summed E-state index contributed by atoms with van der Waals surface area (Å²) in [6.45, 7) is 9.66. The van der Waals surface area contributed by atoms with Gasteiger partial charge >= 0.3 is 11.9 Å². The second-order valence-electron chi connectivity index (χ2n) is 14.2. The van der Waals surface area contributed by atoms with Crippen molar-refractivity contribution in [1.29, 1.82) is 0 Å². The van der Waals surface area contributed by atoms with Gasteiger partial charge in [-0.1, -0.05) is 80.4 Å². The molecule has 0 saturated carbocycles. The Labute approximate surface area is 296 Å². The van der Waals surface area contributed by atoms with Crippen LogP contribution >= 0.6 is 31.9 Å². The first-order valence-electron chi connectivity index (χ1n) is 15.5. The molecule has 0 unspecified atom stereocenters. The van der Waals surface area contributed by atoms with Crippen LogP contribution in [0.5, 0.6) is 0 Å². The molecule has 5 rings (SSSR count). The molecular formula is C38H36Br2O8. The van der Waals surface area contributed by atoms with Crippen LogP contribution in [0.2, 0.25) is 0 Å². The largest absolute Gasteiger partial charge is 0.456 e. The quantitative estimate of drug-likeness (QED) is 0.128. The molecule has 8 nitrogen and oxygen atoms in total. The number of rotatable bonds is 8. The molecule has 10 heteroatoms. The van der Waals surface area contributed by atoms with Crippen LogP contribution in [0.15, 0.2) is 81.7 Å². The first-order chi connectivity index (χ1) is 22.3. The molecule has 0 radical (unpaired) electrons. The molecule has 0 bridgehead atoms. The lowest BCUT2D eigenvalue weighted by Crippen LogP contribution is -2.54. The molecule has 2 saturated heterocycles. The Hall–Kier alpha value is -3.76. The highest BCUT2D eigenvalue weighted by molar-refractivity contribution is 9.10. The van der Waals surface area contributed by atoms with Crippen molar-refractivity contribution >= 4 is 66.9 Å². The second-order valence-corrected chi connectivity index (χ2v) is 16.0. The number of cyclic esters (lactones) is 2. The summed E-state index contributed by atoms with van der Waals surface area (Å²) in [6, 6.07) is 20.1. The van der Waals surface area contributed by atoms with E-state index < -0.39 is 81.8 Å². The van der Waals surface area contributed by atoms with E-state index in [0.717, 1.165) is 8.95 Å². The Morgan fingerprint density at radius 3 is 1.12 bits per heavy atom. The van der Waals surface area contributed by atoms with Crippen molar-refractivity contribution < 1.29 is 38.2 Å². The van der Waals surface area contributed by atoms with E-state index in [9.17, 15) is 28.8 Å². The van der Waals surface area contributed by atoms with Crippen molar-refractivity contribution in [2.24, 2.45) is 21.7 Å². The summed E-state index contributed by atoms with van der Waals surface area (Å²) in [6.07, 6.45) is -2.46. The molecular weight excluding hydrogens is 744 g/mol. The minimum atomic E-state index is -1.71. The fourth-order valence-corrected chi connectivity index (χ4v) is 7.38. The maximum atomic E-state index is 13.8. The first kappa shape index (κ1) is 35.5. The zero-order valence-corrected chi connectivity index (χ0v) is 30.7. The fraction of sp³-hybridized carbons (Fsp3) is 0.368. The van der Waals surface area contributed by atoms with Gasteiger partial charge < -0.3 is 9.47 Å². The summed E-state index contributed by atoms with van der Waals surface area (Å²) in [4.78, 5) is 81.0. The monoisotopic (exact) mass is 778 g/mol. The first-order valence-corrected chi connectivity index (χ1v) is 17.1. The summed E-state index contributed by atoms with van der Waals surface area (Å²) in [5.41, 5.74) is -3.90. The van der Waals surface area contributed by atoms with Gasteiger partial charge in [-0.3, -0.25) is 28.8 Å². The van der Waals surface area contributed by atoms with Crippen LogP contribution in [0.25, 0.3) is 0 Å². The normalized spacial score (nSPS) is 26.4. The number of esters is 2. The summed E-state index contributed by atoms with van der Waals surface area (Å²) in [5, 5.41) is 0. The molecule has 250 valence electrons. The van der Waals surface area contributed by atoms with Crippen LogP contribution in [0.1, 0.15) is 98.4 Å². The van der Waals surface area contributed by atoms with E-state index >= 15 is 0 Å². The summed E-state index contributed by atoms with van der Waals surface area (Å²) >= 11 is 6.76. The Morgan fingerprint density at radius 1 is 0.542 bits per heavy atom. The molecule has 48 heavy (non-hydrogen) atoms. The summed E-state index contributed by atoms with van der Waals surface area (Å²) < 4.78 is 13.3. The maximum absolute atomic E-state index is 13.8. The molecule has 0 spiro atoms. The number of halogens is 2. The van der Waals surface area contributed by atoms with Crippen LogP contribution in [0, 0.1) is 21.7 Å². The van der Waals surface area contributed by atoms with E-state index in [0.29, 0.717) is 11.1 Å². The summed E-state index contributed by atoms with van der Waals surface area (Å²) in [7, 11) is 0. The van der Waals surface area contributed by atoms with Crippen LogP contribution < -0.4 is 0 Å². The van der Waals surface area contributed by atoms with E-state index in [1.165, 1.54) is 38.1 Å². The number of hydrogen-bond acceptors (Lipinski definition) is 8. The third-order valence-electron chi connectivity index (χ3n) is 9.74. The van der Waals surface area contributed by atoms with E-state index in [1.54, 1.807) is 76.2 Å². The van der Waals surface area contributed by atoms with Gasteiger partial charge in [-0.05, 0) is 76.9 Å². The van der Waals surface area contributed by atoms with E-state index in [-0.39, 0.29) is 11.1 Å². The van der Waals surface area contributed by atoms with Crippen molar-refractivity contribution in [3.8, 4) is 0 Å². The van der Waals surface area contributed by atoms with Crippen molar-refractivity contribution in [3.63, 3.8) is 0 Å². The van der Waals surface area contributed by atoms with Gasteiger partial charge in [0.15, 0.2) is 23.1 Å². The molecule has 3 aromatic rings. The Kier molecular flexibility index (Phi) is 9.33. The predicted octanol–water partition coefficient (Wildman–Crippen LogP) is 8.16. The third kappa shape index (κ3) is 6.13. The zero-order valence-electron chi connectivity index (χ0n) is 27.5. The SMILES string of the molecule is CC1(C)C(=O)[C@@](C)(CC(=O)c2ccc(C(=O)C[C@@]3(C)C(=O)O[C@@H](c4ccc(Br)cc4)C(C)(C)C3=O)cc2)C(=O)O[C@H]1c1ccc(Br)cc1. The lowest BCUT2D eigenvalue weighted by Gasteiger charge is -2.44. The maximum Gasteiger partial charge on any atom is 0.320 e. The van der Waals surface area contributed by atoms with Gasteiger partial charge in [0.05, 0.1) is 10.8 Å². The minimum Gasteiger partial charge on any atom is -0.456 e.